The Hall–Kier alpha value is -0.890. The number of halogens is 1. The second-order valence-electron chi connectivity index (χ2n) is 5.36. The maximum atomic E-state index is 13.8. The van der Waals surface area contributed by atoms with Crippen molar-refractivity contribution in [2.75, 3.05) is 6.54 Å². The van der Waals surface area contributed by atoms with Crippen molar-refractivity contribution in [3.8, 4) is 0 Å². The third-order valence-corrected chi connectivity index (χ3v) is 4.07. The molecule has 1 saturated carbocycles. The molecule has 1 aromatic rings. The molecule has 1 aliphatic carbocycles. The van der Waals surface area contributed by atoms with Crippen molar-refractivity contribution in [1.29, 1.82) is 0 Å². The molecule has 0 radical (unpaired) electrons. The summed E-state index contributed by atoms with van der Waals surface area (Å²) in [6.45, 7) is 2.98. The zero-order valence-corrected chi connectivity index (χ0v) is 11.3. The van der Waals surface area contributed by atoms with Crippen LogP contribution in [0.2, 0.25) is 0 Å². The maximum Gasteiger partial charge on any atom is 0.127 e. The largest absolute Gasteiger partial charge is 0.310 e. The first-order valence-electron chi connectivity index (χ1n) is 7.29. The Balaban J connectivity index is 1.96. The third kappa shape index (κ3) is 3.55. The van der Waals surface area contributed by atoms with Gasteiger partial charge in [-0.3, -0.25) is 0 Å². The topological polar surface area (TPSA) is 12.0 Å². The molecule has 18 heavy (non-hydrogen) atoms. The van der Waals surface area contributed by atoms with E-state index in [9.17, 15) is 4.39 Å². The fourth-order valence-electron chi connectivity index (χ4n) is 3.07. The first-order valence-corrected chi connectivity index (χ1v) is 7.29. The molecule has 1 aliphatic rings. The van der Waals surface area contributed by atoms with Gasteiger partial charge in [0.2, 0.25) is 0 Å². The van der Waals surface area contributed by atoms with Gasteiger partial charge in [-0.1, -0.05) is 50.8 Å². The van der Waals surface area contributed by atoms with E-state index in [1.54, 1.807) is 12.1 Å². The first-order chi connectivity index (χ1) is 8.81. The maximum absolute atomic E-state index is 13.8. The molecular formula is C16H24FN. The normalized spacial score (nSPS) is 18.1. The Morgan fingerprint density at radius 3 is 2.67 bits per heavy atom. The molecule has 1 nitrogen and oxygen atoms in total. The van der Waals surface area contributed by atoms with E-state index in [4.69, 9.17) is 0 Å². The van der Waals surface area contributed by atoms with Crippen molar-refractivity contribution in [3.63, 3.8) is 0 Å². The molecule has 0 amide bonds. The summed E-state index contributed by atoms with van der Waals surface area (Å²) in [7, 11) is 0. The van der Waals surface area contributed by atoms with Gasteiger partial charge in [0.1, 0.15) is 5.82 Å². The standard InChI is InChI=1S/C16H24FN/c1-2-18-16(12-11-13-7-3-4-8-13)14-9-5-6-10-15(14)17/h5-6,9-10,13,16,18H,2-4,7-8,11-12H2,1H3. The van der Waals surface area contributed by atoms with Crippen LogP contribution in [0.15, 0.2) is 24.3 Å². The Kier molecular flexibility index (Phi) is 5.18. The van der Waals surface area contributed by atoms with E-state index in [1.807, 2.05) is 12.1 Å². The molecule has 1 atom stereocenters. The van der Waals surface area contributed by atoms with Crippen LogP contribution in [0.3, 0.4) is 0 Å². The van der Waals surface area contributed by atoms with Crippen molar-refractivity contribution < 1.29 is 4.39 Å². The average Bonchev–Trinajstić information content (AvgIpc) is 2.88. The molecule has 0 aliphatic heterocycles. The van der Waals surface area contributed by atoms with Crippen molar-refractivity contribution in [3.05, 3.63) is 35.6 Å². The summed E-state index contributed by atoms with van der Waals surface area (Å²) in [4.78, 5) is 0. The predicted molar refractivity (Wildman–Crippen MR) is 74.0 cm³/mol. The molecule has 1 unspecified atom stereocenters. The van der Waals surface area contributed by atoms with Gasteiger partial charge < -0.3 is 5.32 Å². The fraction of sp³-hybridized carbons (Fsp3) is 0.625. The second-order valence-corrected chi connectivity index (χ2v) is 5.36. The average molecular weight is 249 g/mol. The molecule has 0 bridgehead atoms. The van der Waals surface area contributed by atoms with Gasteiger partial charge in [-0.05, 0) is 31.4 Å². The first kappa shape index (κ1) is 13.5. The number of nitrogens with one attached hydrogen (secondary N) is 1. The Labute approximate surface area is 110 Å². The zero-order valence-electron chi connectivity index (χ0n) is 11.3. The molecule has 0 heterocycles. The van der Waals surface area contributed by atoms with Crippen LogP contribution in [0.4, 0.5) is 4.39 Å². The third-order valence-electron chi connectivity index (χ3n) is 4.07. The summed E-state index contributed by atoms with van der Waals surface area (Å²) in [5, 5.41) is 3.42. The lowest BCUT2D eigenvalue weighted by Crippen LogP contribution is -2.22. The zero-order chi connectivity index (χ0) is 12.8. The minimum Gasteiger partial charge on any atom is -0.310 e. The highest BCUT2D eigenvalue weighted by molar-refractivity contribution is 5.21. The van der Waals surface area contributed by atoms with Gasteiger partial charge in [0.05, 0.1) is 0 Å². The number of hydrogen-bond donors (Lipinski definition) is 1. The van der Waals surface area contributed by atoms with E-state index in [0.717, 1.165) is 24.4 Å². The van der Waals surface area contributed by atoms with Crippen LogP contribution in [0.5, 0.6) is 0 Å². The van der Waals surface area contributed by atoms with Crippen LogP contribution in [-0.4, -0.2) is 6.54 Å². The predicted octanol–water partition coefficient (Wildman–Crippen LogP) is 4.45. The summed E-state index contributed by atoms with van der Waals surface area (Å²) in [6, 6.07) is 7.35. The van der Waals surface area contributed by atoms with Gasteiger partial charge in [0.25, 0.3) is 0 Å². The van der Waals surface area contributed by atoms with Gasteiger partial charge >= 0.3 is 0 Å². The number of benzene rings is 1. The van der Waals surface area contributed by atoms with Gasteiger partial charge in [-0.2, -0.15) is 0 Å². The summed E-state index contributed by atoms with van der Waals surface area (Å²) in [5.41, 5.74) is 0.831. The van der Waals surface area contributed by atoms with E-state index in [1.165, 1.54) is 32.1 Å². The molecule has 1 fully saturated rings. The summed E-state index contributed by atoms with van der Waals surface area (Å²) >= 11 is 0. The molecule has 0 aromatic heterocycles. The highest BCUT2D eigenvalue weighted by atomic mass is 19.1. The summed E-state index contributed by atoms with van der Waals surface area (Å²) in [6.07, 6.45) is 7.80. The fourth-order valence-corrected chi connectivity index (χ4v) is 3.07. The minimum atomic E-state index is -0.0742. The molecule has 0 spiro atoms. The smallest absolute Gasteiger partial charge is 0.127 e. The monoisotopic (exact) mass is 249 g/mol. The van der Waals surface area contributed by atoms with Crippen molar-refractivity contribution in [2.24, 2.45) is 5.92 Å². The van der Waals surface area contributed by atoms with Gasteiger partial charge in [0, 0.05) is 11.6 Å². The molecule has 2 heteroatoms. The highest BCUT2D eigenvalue weighted by Gasteiger charge is 2.19. The van der Waals surface area contributed by atoms with Crippen LogP contribution in [0, 0.1) is 11.7 Å². The number of hydrogen-bond acceptors (Lipinski definition) is 1. The molecule has 0 saturated heterocycles. The van der Waals surface area contributed by atoms with Gasteiger partial charge in [0.15, 0.2) is 0 Å². The van der Waals surface area contributed by atoms with E-state index < -0.39 is 0 Å². The van der Waals surface area contributed by atoms with Gasteiger partial charge in [-0.15, -0.1) is 0 Å². The second kappa shape index (κ2) is 6.89. The lowest BCUT2D eigenvalue weighted by atomic mass is 9.94. The number of rotatable bonds is 6. The van der Waals surface area contributed by atoms with Crippen LogP contribution in [0.1, 0.15) is 57.1 Å². The quantitative estimate of drug-likeness (QED) is 0.785. The van der Waals surface area contributed by atoms with E-state index in [2.05, 4.69) is 12.2 Å². The molecule has 2 rings (SSSR count). The SMILES string of the molecule is CCNC(CCC1CCCC1)c1ccccc1F. The molecule has 100 valence electrons. The van der Waals surface area contributed by atoms with Crippen LogP contribution < -0.4 is 5.32 Å². The minimum absolute atomic E-state index is 0.0742. The van der Waals surface area contributed by atoms with Crippen molar-refractivity contribution >= 4 is 0 Å². The van der Waals surface area contributed by atoms with Crippen LogP contribution in [0.25, 0.3) is 0 Å². The Morgan fingerprint density at radius 2 is 2.00 bits per heavy atom. The Bertz CT molecular complexity index is 358. The lowest BCUT2D eigenvalue weighted by molar-refractivity contribution is 0.407. The van der Waals surface area contributed by atoms with E-state index in [-0.39, 0.29) is 11.9 Å². The van der Waals surface area contributed by atoms with E-state index in [0.29, 0.717) is 0 Å². The summed E-state index contributed by atoms with van der Waals surface area (Å²) in [5.74, 6) is 0.799. The van der Waals surface area contributed by atoms with E-state index >= 15 is 0 Å². The van der Waals surface area contributed by atoms with Gasteiger partial charge in [-0.25, -0.2) is 4.39 Å². The van der Waals surface area contributed by atoms with Crippen molar-refractivity contribution in [2.45, 2.75) is 51.5 Å². The molecular weight excluding hydrogens is 225 g/mol. The molecule has 1 N–H and O–H groups in total. The molecule has 1 aromatic carbocycles. The highest BCUT2D eigenvalue weighted by Crippen LogP contribution is 2.31. The van der Waals surface area contributed by atoms with Crippen molar-refractivity contribution in [1.82, 2.24) is 5.32 Å². The van der Waals surface area contributed by atoms with Crippen LogP contribution in [-0.2, 0) is 0 Å². The summed E-state index contributed by atoms with van der Waals surface area (Å²) < 4.78 is 13.8. The Morgan fingerprint density at radius 1 is 1.28 bits per heavy atom. The van der Waals surface area contributed by atoms with Crippen LogP contribution >= 0.6 is 0 Å². The lowest BCUT2D eigenvalue weighted by Gasteiger charge is -2.20.